The van der Waals surface area contributed by atoms with Gasteiger partial charge in [0.25, 0.3) is 6.20 Å². The topological polar surface area (TPSA) is 99.5 Å². The van der Waals surface area contributed by atoms with Gasteiger partial charge < -0.3 is 20.4 Å². The van der Waals surface area contributed by atoms with Gasteiger partial charge in [0.05, 0.1) is 16.3 Å². The van der Waals surface area contributed by atoms with Crippen molar-refractivity contribution in [1.29, 1.82) is 0 Å². The molecule has 0 unspecified atom stereocenters. The highest BCUT2D eigenvalue weighted by molar-refractivity contribution is 7.98. The van der Waals surface area contributed by atoms with Crippen molar-refractivity contribution in [3.8, 4) is 0 Å². The highest BCUT2D eigenvalue weighted by atomic mass is 32.2. The first-order valence-corrected chi connectivity index (χ1v) is 14.5. The number of thioether (sulfide) groups is 2. The number of thiazole rings is 2. The average molecular weight is 532 g/mol. The van der Waals surface area contributed by atoms with Gasteiger partial charge in [-0.25, -0.2) is 9.97 Å². The molecule has 0 radical (unpaired) electrons. The van der Waals surface area contributed by atoms with E-state index in [0.29, 0.717) is 18.9 Å². The molecule has 0 saturated carbocycles. The average Bonchev–Trinajstić information content (AvgIpc) is 3.35. The maximum absolute atomic E-state index is 10.9. The molecule has 0 aliphatic heterocycles. The van der Waals surface area contributed by atoms with Crippen LogP contribution in [-0.4, -0.2) is 77.5 Å². The second kappa shape index (κ2) is 15.5. The van der Waals surface area contributed by atoms with Crippen LogP contribution in [0.15, 0.2) is 22.8 Å². The van der Waals surface area contributed by atoms with E-state index in [4.69, 9.17) is 0 Å². The van der Waals surface area contributed by atoms with Gasteiger partial charge in [-0.3, -0.25) is 10.1 Å². The van der Waals surface area contributed by atoms with Gasteiger partial charge in [0, 0.05) is 60.0 Å². The largest absolute Gasteiger partial charge is 0.366 e. The summed E-state index contributed by atoms with van der Waals surface area (Å²) >= 11 is 6.90. The standard InChI is InChI=1S/C20H33N7O2S4/c1-25(2)10-19-23-16(14-32-19)12-30-7-5-21-18(9-27(28)29)22-6-8-31-13-17-15-33-20(24-17)11-26(3)4/h9,14-15,21-22H,5-8,10-13H2,1-4H3. The Labute approximate surface area is 212 Å². The lowest BCUT2D eigenvalue weighted by molar-refractivity contribution is -0.404. The van der Waals surface area contributed by atoms with E-state index in [1.165, 1.54) is 0 Å². The number of nitrogens with zero attached hydrogens (tertiary/aromatic N) is 5. The number of hydrogen-bond acceptors (Lipinski definition) is 12. The van der Waals surface area contributed by atoms with Crippen molar-refractivity contribution < 1.29 is 4.92 Å². The molecule has 2 aromatic heterocycles. The van der Waals surface area contributed by atoms with Crippen LogP contribution >= 0.6 is 46.2 Å². The molecule has 0 aliphatic rings. The summed E-state index contributed by atoms with van der Waals surface area (Å²) < 4.78 is 0. The van der Waals surface area contributed by atoms with Crippen LogP contribution in [0.3, 0.4) is 0 Å². The van der Waals surface area contributed by atoms with Crippen LogP contribution in [0.1, 0.15) is 21.4 Å². The van der Waals surface area contributed by atoms with Crippen LogP contribution in [0.5, 0.6) is 0 Å². The van der Waals surface area contributed by atoms with E-state index in [2.05, 4.69) is 41.2 Å². The summed E-state index contributed by atoms with van der Waals surface area (Å²) in [4.78, 5) is 24.0. The smallest absolute Gasteiger partial charge is 0.274 e. The molecule has 0 atom stereocenters. The van der Waals surface area contributed by atoms with Gasteiger partial charge >= 0.3 is 0 Å². The van der Waals surface area contributed by atoms with Gasteiger partial charge in [-0.15, -0.1) is 22.7 Å². The molecule has 0 saturated heterocycles. The summed E-state index contributed by atoms with van der Waals surface area (Å²) in [5.74, 6) is 3.81. The molecule has 2 N–H and O–H groups in total. The summed E-state index contributed by atoms with van der Waals surface area (Å²) in [6.07, 6.45) is 0.997. The van der Waals surface area contributed by atoms with Crippen molar-refractivity contribution in [2.45, 2.75) is 24.6 Å². The van der Waals surface area contributed by atoms with Crippen LogP contribution < -0.4 is 10.6 Å². The van der Waals surface area contributed by atoms with Crippen LogP contribution in [0.2, 0.25) is 0 Å². The Morgan fingerprint density at radius 2 is 1.42 bits per heavy atom. The monoisotopic (exact) mass is 531 g/mol. The molecule has 0 bridgehead atoms. The maximum Gasteiger partial charge on any atom is 0.274 e. The number of nitrogens with one attached hydrogen (secondary N) is 2. The zero-order chi connectivity index (χ0) is 24.1. The first-order valence-electron chi connectivity index (χ1n) is 10.5. The van der Waals surface area contributed by atoms with Gasteiger partial charge in [-0.1, -0.05) is 0 Å². The van der Waals surface area contributed by atoms with E-state index >= 15 is 0 Å². The molecule has 0 amide bonds. The lowest BCUT2D eigenvalue weighted by Gasteiger charge is -2.11. The lowest BCUT2D eigenvalue weighted by Crippen LogP contribution is -2.30. The first-order chi connectivity index (χ1) is 15.8. The van der Waals surface area contributed by atoms with E-state index in [9.17, 15) is 10.1 Å². The Morgan fingerprint density at radius 3 is 1.82 bits per heavy atom. The summed E-state index contributed by atoms with van der Waals surface area (Å²) in [6, 6.07) is 0. The van der Waals surface area contributed by atoms with Crippen LogP contribution in [0, 0.1) is 10.1 Å². The summed E-state index contributed by atoms with van der Waals surface area (Å²) in [5.41, 5.74) is 2.18. The van der Waals surface area contributed by atoms with Crippen molar-refractivity contribution in [3.63, 3.8) is 0 Å². The zero-order valence-corrected chi connectivity index (χ0v) is 22.8. The molecular formula is C20H33N7O2S4. The van der Waals surface area contributed by atoms with Crippen molar-refractivity contribution in [3.05, 3.63) is 54.3 Å². The number of rotatable bonds is 17. The van der Waals surface area contributed by atoms with Crippen molar-refractivity contribution in [1.82, 2.24) is 30.4 Å². The zero-order valence-electron chi connectivity index (χ0n) is 19.6. The minimum absolute atomic E-state index is 0.432. The van der Waals surface area contributed by atoms with Crippen molar-refractivity contribution in [2.24, 2.45) is 0 Å². The molecule has 0 aliphatic carbocycles. The molecule has 2 rings (SSSR count). The van der Waals surface area contributed by atoms with Crippen LogP contribution in [-0.2, 0) is 24.6 Å². The van der Waals surface area contributed by atoms with E-state index in [1.807, 2.05) is 28.2 Å². The summed E-state index contributed by atoms with van der Waals surface area (Å²) in [6.45, 7) is 3.01. The number of aromatic nitrogens is 2. The number of hydrogen-bond donors (Lipinski definition) is 2. The number of nitro groups is 1. The molecule has 0 fully saturated rings. The van der Waals surface area contributed by atoms with Gasteiger partial charge in [-0.05, 0) is 28.2 Å². The Morgan fingerprint density at radius 1 is 0.970 bits per heavy atom. The Balaban J connectivity index is 1.61. The lowest BCUT2D eigenvalue weighted by atomic mass is 10.5. The Bertz CT molecular complexity index is 810. The van der Waals surface area contributed by atoms with Crippen LogP contribution in [0.4, 0.5) is 0 Å². The molecule has 0 spiro atoms. The van der Waals surface area contributed by atoms with Gasteiger partial charge in [0.15, 0.2) is 5.82 Å². The third kappa shape index (κ3) is 12.6. The summed E-state index contributed by atoms with van der Waals surface area (Å²) in [5, 5.41) is 23.7. The second-order valence-corrected chi connectivity index (χ2v) is 11.8. The molecule has 184 valence electrons. The first kappa shape index (κ1) is 27.9. The second-order valence-electron chi connectivity index (χ2n) is 7.73. The fraction of sp³-hybridized carbons (Fsp3) is 0.600. The molecule has 13 heteroatoms. The molecule has 33 heavy (non-hydrogen) atoms. The van der Waals surface area contributed by atoms with Gasteiger partial charge in [0.2, 0.25) is 0 Å². The highest BCUT2D eigenvalue weighted by Crippen LogP contribution is 2.17. The Hall–Kier alpha value is -1.38. The SMILES string of the molecule is CN(C)Cc1nc(CSCCNC(=C[N+](=O)[O-])NCCSCc2csc(CN(C)C)n2)cs1. The fourth-order valence-electron chi connectivity index (χ4n) is 2.65. The third-order valence-corrected chi connectivity index (χ3v) is 7.71. The fourth-order valence-corrected chi connectivity index (χ4v) is 6.17. The highest BCUT2D eigenvalue weighted by Gasteiger charge is 2.06. The molecule has 2 aromatic rings. The van der Waals surface area contributed by atoms with Crippen LogP contribution in [0.25, 0.3) is 0 Å². The molecule has 2 heterocycles. The van der Waals surface area contributed by atoms with Crippen molar-refractivity contribution in [2.75, 3.05) is 52.8 Å². The quantitative estimate of drug-likeness (QED) is 0.180. The van der Waals surface area contributed by atoms with Gasteiger partial charge in [-0.2, -0.15) is 23.5 Å². The molecule has 9 nitrogen and oxygen atoms in total. The van der Waals surface area contributed by atoms with E-state index in [0.717, 1.165) is 63.7 Å². The molecule has 0 aromatic carbocycles. The summed E-state index contributed by atoms with van der Waals surface area (Å²) in [7, 11) is 8.14. The minimum Gasteiger partial charge on any atom is -0.366 e. The van der Waals surface area contributed by atoms with E-state index in [-0.39, 0.29) is 0 Å². The van der Waals surface area contributed by atoms with Crippen molar-refractivity contribution >= 4 is 46.2 Å². The normalized spacial score (nSPS) is 11.2. The van der Waals surface area contributed by atoms with Gasteiger partial charge in [0.1, 0.15) is 10.0 Å². The maximum atomic E-state index is 10.9. The Kier molecular flexibility index (Phi) is 13.1. The molecular weight excluding hydrogens is 499 g/mol. The van der Waals surface area contributed by atoms with E-state index < -0.39 is 4.92 Å². The minimum atomic E-state index is -0.432. The van der Waals surface area contributed by atoms with E-state index in [1.54, 1.807) is 46.2 Å². The third-order valence-electron chi connectivity index (χ3n) is 3.96. The predicted molar refractivity (Wildman–Crippen MR) is 142 cm³/mol. The predicted octanol–water partition coefficient (Wildman–Crippen LogP) is 3.14.